The zero-order chi connectivity index (χ0) is 18.7. The van der Waals surface area contributed by atoms with Crippen LogP contribution in [0.1, 0.15) is 0 Å². The summed E-state index contributed by atoms with van der Waals surface area (Å²) in [6.07, 6.45) is 1.82. The monoisotopic (exact) mass is 388 g/mol. The van der Waals surface area contributed by atoms with E-state index in [2.05, 4.69) is 11.8 Å². The van der Waals surface area contributed by atoms with Gasteiger partial charge >= 0.3 is 0 Å². The first kappa shape index (κ1) is 21.3. The molecule has 8 nitrogen and oxygen atoms in total. The topological polar surface area (TPSA) is 116 Å². The number of thioether (sulfide) groups is 1. The van der Waals surface area contributed by atoms with Crippen LogP contribution in [0.5, 0.6) is 5.75 Å². The maximum Gasteiger partial charge on any atom is 0.258 e. The highest BCUT2D eigenvalue weighted by Crippen LogP contribution is 2.20. The molecule has 1 aromatic rings. The molecule has 1 aromatic carbocycles. The fourth-order valence-corrected chi connectivity index (χ4v) is 3.67. The normalized spacial score (nSPS) is 10.9. The highest BCUT2D eigenvalue weighted by Gasteiger charge is 2.26. The summed E-state index contributed by atoms with van der Waals surface area (Å²) in [5.74, 6) is 5.12. The Bertz CT molecular complexity index is 710. The number of amides is 1. The van der Waals surface area contributed by atoms with Crippen LogP contribution >= 0.6 is 11.8 Å². The zero-order valence-corrected chi connectivity index (χ0v) is 15.3. The van der Waals surface area contributed by atoms with E-state index >= 15 is 0 Å². The van der Waals surface area contributed by atoms with E-state index in [4.69, 9.17) is 15.1 Å². The molecule has 0 aliphatic carbocycles. The van der Waals surface area contributed by atoms with Gasteiger partial charge in [-0.15, -0.1) is 0 Å². The molecule has 138 valence electrons. The minimum atomic E-state index is -3.89. The number of nitrogens with zero attached hydrogens (tertiary/aromatic N) is 1. The van der Waals surface area contributed by atoms with Gasteiger partial charge in [-0.25, -0.2) is 13.9 Å². The van der Waals surface area contributed by atoms with Crippen LogP contribution in [0.25, 0.3) is 0 Å². The number of hydrogen-bond donors (Lipinski definition) is 3. The van der Waals surface area contributed by atoms with Crippen molar-refractivity contribution < 1.29 is 28.3 Å². The third-order valence-electron chi connectivity index (χ3n) is 2.97. The molecule has 0 saturated heterocycles. The van der Waals surface area contributed by atoms with Crippen LogP contribution in [0.3, 0.4) is 0 Å². The van der Waals surface area contributed by atoms with Crippen molar-refractivity contribution >= 4 is 27.7 Å². The van der Waals surface area contributed by atoms with Gasteiger partial charge in [-0.1, -0.05) is 11.8 Å². The summed E-state index contributed by atoms with van der Waals surface area (Å²) in [5, 5.41) is 17.2. The second-order valence-electron chi connectivity index (χ2n) is 4.64. The van der Waals surface area contributed by atoms with Crippen LogP contribution in [0, 0.1) is 11.8 Å². The second kappa shape index (κ2) is 11.0. The average Bonchev–Trinajstić information content (AvgIpc) is 2.62. The van der Waals surface area contributed by atoms with Crippen LogP contribution in [-0.2, 0) is 14.8 Å². The van der Waals surface area contributed by atoms with Gasteiger partial charge < -0.3 is 9.84 Å². The SMILES string of the molecule is CSCCN(CC(=O)NO)S(=O)(=O)c1ccc(OCC#CCO)cc1. The molecule has 0 saturated carbocycles. The van der Waals surface area contributed by atoms with Gasteiger partial charge in [-0.3, -0.25) is 10.0 Å². The van der Waals surface area contributed by atoms with E-state index < -0.39 is 22.5 Å². The summed E-state index contributed by atoms with van der Waals surface area (Å²) >= 11 is 1.44. The number of carbonyl (C=O) groups is 1. The smallest absolute Gasteiger partial charge is 0.258 e. The predicted molar refractivity (Wildman–Crippen MR) is 93.9 cm³/mol. The number of nitrogens with one attached hydrogen (secondary N) is 1. The van der Waals surface area contributed by atoms with Gasteiger partial charge in [0.05, 0.1) is 11.4 Å². The van der Waals surface area contributed by atoms with Gasteiger partial charge in [0.15, 0.2) is 0 Å². The standard InChI is InChI=1S/C15H20N2O6S2/c1-24-11-8-17(12-15(19)16-20)25(21,22)14-6-4-13(5-7-14)23-10-3-2-9-18/h4-7,18,20H,8-12H2,1H3,(H,16,19). The van der Waals surface area contributed by atoms with Crippen LogP contribution in [-0.4, -0.2) is 67.3 Å². The molecule has 0 atom stereocenters. The molecule has 0 bridgehead atoms. The van der Waals surface area contributed by atoms with Crippen LogP contribution in [0.4, 0.5) is 0 Å². The number of benzene rings is 1. The highest BCUT2D eigenvalue weighted by molar-refractivity contribution is 7.98. The first-order valence-electron chi connectivity index (χ1n) is 7.17. The van der Waals surface area contributed by atoms with Gasteiger partial charge in [0.1, 0.15) is 19.0 Å². The number of hydroxylamine groups is 1. The number of ether oxygens (including phenoxy) is 1. The van der Waals surface area contributed by atoms with Crippen molar-refractivity contribution in [2.75, 3.05) is 38.3 Å². The average molecular weight is 388 g/mol. The Balaban J connectivity index is 2.90. The lowest BCUT2D eigenvalue weighted by atomic mass is 10.3. The number of rotatable bonds is 9. The molecule has 3 N–H and O–H groups in total. The van der Waals surface area contributed by atoms with Crippen LogP contribution in [0.2, 0.25) is 0 Å². The minimum absolute atomic E-state index is 0.00753. The Labute approximate surface area is 151 Å². The third-order valence-corrected chi connectivity index (χ3v) is 5.42. The van der Waals surface area contributed by atoms with E-state index in [1.165, 1.54) is 41.5 Å². The number of hydrogen-bond acceptors (Lipinski definition) is 7. The van der Waals surface area contributed by atoms with E-state index in [9.17, 15) is 13.2 Å². The van der Waals surface area contributed by atoms with Crippen molar-refractivity contribution in [1.29, 1.82) is 0 Å². The highest BCUT2D eigenvalue weighted by atomic mass is 32.2. The molecule has 1 amide bonds. The molecule has 0 aromatic heterocycles. The Kier molecular flexibility index (Phi) is 9.33. The molecule has 0 spiro atoms. The second-order valence-corrected chi connectivity index (χ2v) is 7.56. The summed E-state index contributed by atoms with van der Waals surface area (Å²) in [5.41, 5.74) is 1.44. The first-order chi connectivity index (χ1) is 12.0. The Morgan fingerprint density at radius 1 is 1.32 bits per heavy atom. The molecular weight excluding hydrogens is 368 g/mol. The van der Waals surface area contributed by atoms with Crippen molar-refractivity contribution in [1.82, 2.24) is 9.79 Å². The van der Waals surface area contributed by atoms with Crippen molar-refractivity contribution in [2.45, 2.75) is 4.90 Å². The molecule has 25 heavy (non-hydrogen) atoms. The van der Waals surface area contributed by atoms with E-state index in [1.807, 2.05) is 6.26 Å². The summed E-state index contributed by atoms with van der Waals surface area (Å²) in [4.78, 5) is 11.4. The largest absolute Gasteiger partial charge is 0.481 e. The van der Waals surface area contributed by atoms with Gasteiger partial charge in [-0.2, -0.15) is 16.1 Å². The number of aliphatic hydroxyl groups excluding tert-OH is 1. The summed E-state index contributed by atoms with van der Waals surface area (Å²) < 4.78 is 31.6. The number of sulfonamides is 1. The molecular formula is C15H20N2O6S2. The van der Waals surface area contributed by atoms with E-state index in [0.717, 1.165) is 4.31 Å². The minimum Gasteiger partial charge on any atom is -0.481 e. The lowest BCUT2D eigenvalue weighted by Gasteiger charge is -2.21. The van der Waals surface area contributed by atoms with Crippen LogP contribution in [0.15, 0.2) is 29.2 Å². The van der Waals surface area contributed by atoms with Crippen molar-refractivity contribution in [3.8, 4) is 17.6 Å². The molecule has 10 heteroatoms. The number of aliphatic hydroxyl groups is 1. The fraction of sp³-hybridized carbons (Fsp3) is 0.400. The maximum absolute atomic E-state index is 12.7. The quantitative estimate of drug-likeness (QED) is 0.308. The Morgan fingerprint density at radius 3 is 2.56 bits per heavy atom. The molecule has 0 heterocycles. The fourth-order valence-electron chi connectivity index (χ4n) is 1.76. The molecule has 1 rings (SSSR count). The lowest BCUT2D eigenvalue weighted by Crippen LogP contribution is -2.40. The summed E-state index contributed by atoms with van der Waals surface area (Å²) in [7, 11) is -3.89. The first-order valence-corrected chi connectivity index (χ1v) is 10.0. The van der Waals surface area contributed by atoms with Crippen molar-refractivity contribution in [3.63, 3.8) is 0 Å². The molecule has 0 aliphatic rings. The Morgan fingerprint density at radius 2 is 2.00 bits per heavy atom. The van der Waals surface area contributed by atoms with E-state index in [-0.39, 0.29) is 24.7 Å². The molecule has 0 fully saturated rings. The third kappa shape index (κ3) is 6.93. The zero-order valence-electron chi connectivity index (χ0n) is 13.6. The van der Waals surface area contributed by atoms with Gasteiger partial charge in [0.2, 0.25) is 10.0 Å². The Hall–Kier alpha value is -1.77. The maximum atomic E-state index is 12.7. The van der Waals surface area contributed by atoms with Crippen molar-refractivity contribution in [3.05, 3.63) is 24.3 Å². The van der Waals surface area contributed by atoms with E-state index in [1.54, 1.807) is 0 Å². The van der Waals surface area contributed by atoms with Gasteiger partial charge in [0, 0.05) is 12.3 Å². The number of carbonyl (C=O) groups excluding carboxylic acids is 1. The molecule has 0 unspecified atom stereocenters. The van der Waals surface area contributed by atoms with Gasteiger partial charge in [-0.05, 0) is 30.5 Å². The molecule has 0 aliphatic heterocycles. The van der Waals surface area contributed by atoms with Crippen LogP contribution < -0.4 is 10.2 Å². The predicted octanol–water partition coefficient (Wildman–Crippen LogP) is -0.0798. The molecule has 0 radical (unpaired) electrons. The lowest BCUT2D eigenvalue weighted by molar-refractivity contribution is -0.129. The van der Waals surface area contributed by atoms with E-state index in [0.29, 0.717) is 11.5 Å². The van der Waals surface area contributed by atoms with Gasteiger partial charge in [0.25, 0.3) is 5.91 Å². The summed E-state index contributed by atoms with van der Waals surface area (Å²) in [6, 6.07) is 5.69. The summed E-state index contributed by atoms with van der Waals surface area (Å²) in [6.45, 7) is -0.530. The van der Waals surface area contributed by atoms with Crippen molar-refractivity contribution in [2.24, 2.45) is 0 Å².